The summed E-state index contributed by atoms with van der Waals surface area (Å²) >= 11 is 0. The maximum atomic E-state index is 12.6. The van der Waals surface area contributed by atoms with Crippen molar-refractivity contribution in [2.24, 2.45) is 11.7 Å². The van der Waals surface area contributed by atoms with E-state index >= 15 is 0 Å². The molecule has 2 unspecified atom stereocenters. The van der Waals surface area contributed by atoms with Gasteiger partial charge >= 0.3 is 0 Å². The second kappa shape index (κ2) is 7.46. The highest BCUT2D eigenvalue weighted by Gasteiger charge is 2.35. The zero-order valence-corrected chi connectivity index (χ0v) is 15.7. The molecule has 1 aromatic rings. The molecular weight excluding hydrogens is 354 g/mol. The highest BCUT2D eigenvalue weighted by molar-refractivity contribution is 7.89. The van der Waals surface area contributed by atoms with Crippen molar-refractivity contribution in [3.8, 4) is 0 Å². The predicted octanol–water partition coefficient (Wildman–Crippen LogP) is 1.06. The van der Waals surface area contributed by atoms with Crippen LogP contribution in [-0.2, 0) is 10.0 Å². The summed E-state index contributed by atoms with van der Waals surface area (Å²) in [7, 11) is -3.42. The third-order valence-electron chi connectivity index (χ3n) is 5.22. The quantitative estimate of drug-likeness (QED) is 0.745. The molecule has 8 heteroatoms. The molecule has 0 saturated carbocycles. The van der Waals surface area contributed by atoms with Gasteiger partial charge in [-0.15, -0.1) is 0 Å². The number of imide groups is 1. The molecule has 2 heterocycles. The Kier molecular flexibility index (Phi) is 5.45. The lowest BCUT2D eigenvalue weighted by Crippen LogP contribution is -2.46. The van der Waals surface area contributed by atoms with Crippen molar-refractivity contribution in [1.82, 2.24) is 9.21 Å². The molecule has 0 bridgehead atoms. The van der Waals surface area contributed by atoms with E-state index in [1.807, 2.05) is 6.92 Å². The number of rotatable bonds is 6. The van der Waals surface area contributed by atoms with Crippen LogP contribution in [0.25, 0.3) is 0 Å². The first-order valence-electron chi connectivity index (χ1n) is 9.00. The summed E-state index contributed by atoms with van der Waals surface area (Å²) in [6.45, 7) is 2.98. The topological polar surface area (TPSA) is 101 Å². The molecule has 2 aliphatic heterocycles. The Morgan fingerprint density at radius 3 is 2.38 bits per heavy atom. The molecule has 2 amide bonds. The molecular formula is C18H25N3O4S. The average Bonchev–Trinajstić information content (AvgIpc) is 2.87. The van der Waals surface area contributed by atoms with Gasteiger partial charge < -0.3 is 5.73 Å². The van der Waals surface area contributed by atoms with E-state index < -0.39 is 10.0 Å². The maximum Gasteiger partial charge on any atom is 0.261 e. The van der Waals surface area contributed by atoms with Crippen LogP contribution in [0.2, 0.25) is 0 Å². The van der Waals surface area contributed by atoms with Gasteiger partial charge in [0, 0.05) is 25.7 Å². The molecule has 0 aromatic heterocycles. The van der Waals surface area contributed by atoms with Crippen LogP contribution < -0.4 is 5.73 Å². The Bertz CT molecular complexity index is 771. The molecule has 1 saturated heterocycles. The number of hydrogen-bond acceptors (Lipinski definition) is 5. The largest absolute Gasteiger partial charge is 0.328 e. The molecule has 0 spiro atoms. The van der Waals surface area contributed by atoms with Gasteiger partial charge in [0.1, 0.15) is 0 Å². The van der Waals surface area contributed by atoms with Crippen LogP contribution in [0, 0.1) is 5.92 Å². The zero-order valence-electron chi connectivity index (χ0n) is 14.9. The number of carbonyl (C=O) groups is 2. The summed E-state index contributed by atoms with van der Waals surface area (Å²) in [6.07, 6.45) is 1.98. The lowest BCUT2D eigenvalue weighted by Gasteiger charge is -2.33. The monoisotopic (exact) mass is 379 g/mol. The van der Waals surface area contributed by atoms with Gasteiger partial charge in [0.2, 0.25) is 10.0 Å². The second-order valence-electron chi connectivity index (χ2n) is 7.10. The standard InChI is InChI=1S/C18H25N3O4S/c1-13(19)14-6-4-9-20(12-14)26(24,25)11-5-10-21-17(22)15-7-2-3-8-16(15)18(21)23/h2-3,7-8,13-14H,4-6,9-12,19H2,1H3. The van der Waals surface area contributed by atoms with Crippen molar-refractivity contribution < 1.29 is 18.0 Å². The SMILES string of the molecule is CC(N)C1CCCN(S(=O)(=O)CCCN2C(=O)c3ccccc3C2=O)C1. The third kappa shape index (κ3) is 3.67. The number of hydrogen-bond donors (Lipinski definition) is 1. The molecule has 2 N–H and O–H groups in total. The van der Waals surface area contributed by atoms with Gasteiger partial charge in [-0.05, 0) is 44.2 Å². The Morgan fingerprint density at radius 1 is 1.19 bits per heavy atom. The number of carbonyl (C=O) groups excluding carboxylic acids is 2. The number of benzene rings is 1. The average molecular weight is 379 g/mol. The Balaban J connectivity index is 1.58. The summed E-state index contributed by atoms with van der Waals surface area (Å²) in [6, 6.07) is 6.63. The van der Waals surface area contributed by atoms with E-state index in [4.69, 9.17) is 5.73 Å². The number of fused-ring (bicyclic) bond motifs is 1. The molecule has 2 aliphatic rings. The minimum Gasteiger partial charge on any atom is -0.328 e. The fourth-order valence-corrected chi connectivity index (χ4v) is 5.21. The normalized spacial score (nSPS) is 22.5. The third-order valence-corrected chi connectivity index (χ3v) is 7.14. The first kappa shape index (κ1) is 19.0. The van der Waals surface area contributed by atoms with Crippen molar-refractivity contribution in [3.63, 3.8) is 0 Å². The minimum absolute atomic E-state index is 0.0358. The van der Waals surface area contributed by atoms with Gasteiger partial charge in [0.25, 0.3) is 11.8 Å². The van der Waals surface area contributed by atoms with Crippen LogP contribution >= 0.6 is 0 Å². The minimum atomic E-state index is -3.42. The smallest absolute Gasteiger partial charge is 0.261 e. The Morgan fingerprint density at radius 2 is 1.81 bits per heavy atom. The molecule has 1 aromatic carbocycles. The fourth-order valence-electron chi connectivity index (χ4n) is 3.63. The second-order valence-corrected chi connectivity index (χ2v) is 9.19. The first-order valence-corrected chi connectivity index (χ1v) is 10.6. The van der Waals surface area contributed by atoms with Crippen LogP contribution in [0.5, 0.6) is 0 Å². The Hall–Kier alpha value is -1.77. The van der Waals surface area contributed by atoms with Crippen LogP contribution in [0.1, 0.15) is 46.9 Å². The van der Waals surface area contributed by atoms with Crippen molar-refractivity contribution in [1.29, 1.82) is 0 Å². The fraction of sp³-hybridized carbons (Fsp3) is 0.556. The number of nitrogens with two attached hydrogens (primary N) is 1. The lowest BCUT2D eigenvalue weighted by atomic mass is 9.93. The van der Waals surface area contributed by atoms with Gasteiger partial charge in [-0.3, -0.25) is 14.5 Å². The van der Waals surface area contributed by atoms with Gasteiger partial charge in [-0.1, -0.05) is 12.1 Å². The van der Waals surface area contributed by atoms with Crippen molar-refractivity contribution in [3.05, 3.63) is 35.4 Å². The van der Waals surface area contributed by atoms with Crippen molar-refractivity contribution >= 4 is 21.8 Å². The van der Waals surface area contributed by atoms with Crippen molar-refractivity contribution in [2.45, 2.75) is 32.2 Å². The molecule has 0 radical (unpaired) electrons. The van der Waals surface area contributed by atoms with Crippen LogP contribution in [-0.4, -0.2) is 60.9 Å². The van der Waals surface area contributed by atoms with Crippen LogP contribution in [0.3, 0.4) is 0 Å². The highest BCUT2D eigenvalue weighted by atomic mass is 32.2. The van der Waals surface area contributed by atoms with E-state index in [0.717, 1.165) is 17.7 Å². The first-order chi connectivity index (χ1) is 12.3. The summed E-state index contributed by atoms with van der Waals surface area (Å²) in [4.78, 5) is 25.8. The van der Waals surface area contributed by atoms with E-state index in [9.17, 15) is 18.0 Å². The number of amides is 2. The van der Waals surface area contributed by atoms with E-state index in [2.05, 4.69) is 0 Å². The number of sulfonamides is 1. The van der Waals surface area contributed by atoms with Crippen LogP contribution in [0.15, 0.2) is 24.3 Å². The van der Waals surface area contributed by atoms with Gasteiger partial charge in [-0.25, -0.2) is 12.7 Å². The van der Waals surface area contributed by atoms with Crippen molar-refractivity contribution in [2.75, 3.05) is 25.4 Å². The summed E-state index contributed by atoms with van der Waals surface area (Å²) in [5.74, 6) is -0.600. The number of nitrogens with zero attached hydrogens (tertiary/aromatic N) is 2. The summed E-state index contributed by atoms with van der Waals surface area (Å²) in [5.41, 5.74) is 6.70. The molecule has 7 nitrogen and oxygen atoms in total. The van der Waals surface area contributed by atoms with Gasteiger partial charge in [0.15, 0.2) is 0 Å². The van der Waals surface area contributed by atoms with E-state index in [-0.39, 0.29) is 42.5 Å². The molecule has 2 atom stereocenters. The van der Waals surface area contributed by atoms with E-state index in [0.29, 0.717) is 24.2 Å². The molecule has 3 rings (SSSR count). The Labute approximate surface area is 154 Å². The van der Waals surface area contributed by atoms with Gasteiger partial charge in [-0.2, -0.15) is 0 Å². The molecule has 142 valence electrons. The van der Waals surface area contributed by atoms with Gasteiger partial charge in [0.05, 0.1) is 16.9 Å². The predicted molar refractivity (Wildman–Crippen MR) is 98.2 cm³/mol. The highest BCUT2D eigenvalue weighted by Crippen LogP contribution is 2.24. The maximum absolute atomic E-state index is 12.6. The molecule has 26 heavy (non-hydrogen) atoms. The van der Waals surface area contributed by atoms with Crippen LogP contribution in [0.4, 0.5) is 0 Å². The summed E-state index contributed by atoms with van der Waals surface area (Å²) < 4.78 is 26.7. The lowest BCUT2D eigenvalue weighted by molar-refractivity contribution is 0.0654. The summed E-state index contributed by atoms with van der Waals surface area (Å²) in [5, 5.41) is 0. The number of piperidine rings is 1. The zero-order chi connectivity index (χ0) is 18.9. The molecule has 0 aliphatic carbocycles. The molecule has 1 fully saturated rings. The van der Waals surface area contributed by atoms with E-state index in [1.54, 1.807) is 24.3 Å². The van der Waals surface area contributed by atoms with E-state index in [1.165, 1.54) is 4.31 Å².